The molecular weight excluding hydrogens is 284 g/mol. The molecule has 5 heteroatoms. The molecule has 3 rings (SSSR count). The third-order valence-corrected chi connectivity index (χ3v) is 4.39. The molecule has 0 saturated heterocycles. The van der Waals surface area contributed by atoms with E-state index in [1.165, 1.54) is 9.75 Å². The summed E-state index contributed by atoms with van der Waals surface area (Å²) in [6, 6.07) is 10.1. The quantitative estimate of drug-likeness (QED) is 0.675. The molecule has 2 aromatic heterocycles. The summed E-state index contributed by atoms with van der Waals surface area (Å²) in [7, 11) is 0. The van der Waals surface area contributed by atoms with Gasteiger partial charge in [-0.2, -0.15) is 0 Å². The van der Waals surface area contributed by atoms with Gasteiger partial charge in [0.15, 0.2) is 4.77 Å². The summed E-state index contributed by atoms with van der Waals surface area (Å²) in [5.74, 6) is 0. The zero-order valence-corrected chi connectivity index (χ0v) is 12.1. The lowest BCUT2D eigenvalue weighted by molar-refractivity contribution is 0.823. The third kappa shape index (κ3) is 2.11. The van der Waals surface area contributed by atoms with Crippen LogP contribution in [0.4, 0.5) is 0 Å². The Bertz CT molecular complexity index is 767. The minimum absolute atomic E-state index is 0.720. The molecule has 0 amide bonds. The van der Waals surface area contributed by atoms with Gasteiger partial charge in [-0.25, -0.2) is 0 Å². The van der Waals surface area contributed by atoms with Crippen molar-refractivity contribution in [2.24, 2.45) is 0 Å². The first-order valence-electron chi connectivity index (χ1n) is 5.57. The maximum atomic E-state index is 5.98. The van der Waals surface area contributed by atoms with Crippen LogP contribution in [0.1, 0.15) is 9.75 Å². The molecule has 18 heavy (non-hydrogen) atoms. The number of nitrogens with zero attached hydrogens (tertiary/aromatic N) is 1. The molecule has 1 aromatic carbocycles. The van der Waals surface area contributed by atoms with Crippen LogP contribution in [0.15, 0.2) is 30.3 Å². The first kappa shape index (κ1) is 12.0. The van der Waals surface area contributed by atoms with Gasteiger partial charge in [0.1, 0.15) is 0 Å². The molecule has 0 spiro atoms. The van der Waals surface area contributed by atoms with Crippen LogP contribution >= 0.6 is 35.2 Å². The third-order valence-electron chi connectivity index (χ3n) is 2.85. The molecule has 2 nitrogen and oxygen atoms in total. The van der Waals surface area contributed by atoms with Crippen molar-refractivity contribution in [2.45, 2.75) is 13.5 Å². The summed E-state index contributed by atoms with van der Waals surface area (Å²) in [6.45, 7) is 2.92. The van der Waals surface area contributed by atoms with E-state index in [1.807, 2.05) is 18.2 Å². The second-order valence-electron chi connectivity index (χ2n) is 4.19. The predicted octanol–water partition coefficient (Wildman–Crippen LogP) is 4.77. The number of fused-ring (bicyclic) bond motifs is 1. The number of nitrogens with one attached hydrogen (secondary N) is 1. The molecule has 0 atom stereocenters. The Kier molecular flexibility index (Phi) is 3.01. The highest BCUT2D eigenvalue weighted by Gasteiger charge is 2.06. The molecule has 0 unspecified atom stereocenters. The highest BCUT2D eigenvalue weighted by molar-refractivity contribution is 7.71. The van der Waals surface area contributed by atoms with Crippen LogP contribution in [0.25, 0.3) is 11.0 Å². The topological polar surface area (TPSA) is 20.7 Å². The standard InChI is InChI=1S/C13H11ClN2S2/c1-8-2-4-10(18-8)7-16-12-5-3-9(14)6-11(12)15-13(16)17/h2-6H,7H2,1H3,(H,15,17). The molecule has 3 aromatic rings. The number of halogens is 1. The number of aryl methyl sites for hydroxylation is 1. The Morgan fingerprint density at radius 2 is 2.17 bits per heavy atom. The van der Waals surface area contributed by atoms with E-state index in [-0.39, 0.29) is 0 Å². The number of rotatable bonds is 2. The van der Waals surface area contributed by atoms with Gasteiger partial charge in [-0.05, 0) is 49.5 Å². The maximum Gasteiger partial charge on any atom is 0.178 e. The summed E-state index contributed by atoms with van der Waals surface area (Å²) < 4.78 is 2.84. The number of benzene rings is 1. The summed E-state index contributed by atoms with van der Waals surface area (Å²) in [4.78, 5) is 5.82. The molecule has 0 aliphatic heterocycles. The van der Waals surface area contributed by atoms with Gasteiger partial charge in [0.25, 0.3) is 0 Å². The van der Waals surface area contributed by atoms with Crippen LogP contribution in [-0.4, -0.2) is 9.55 Å². The molecule has 0 saturated carbocycles. The van der Waals surface area contributed by atoms with Gasteiger partial charge in [0.2, 0.25) is 0 Å². The van der Waals surface area contributed by atoms with Crippen molar-refractivity contribution in [1.29, 1.82) is 0 Å². The van der Waals surface area contributed by atoms with Crippen LogP contribution in [0.2, 0.25) is 5.02 Å². The van der Waals surface area contributed by atoms with E-state index in [4.69, 9.17) is 23.8 Å². The zero-order valence-electron chi connectivity index (χ0n) is 9.74. The Morgan fingerprint density at radius 1 is 1.33 bits per heavy atom. The van der Waals surface area contributed by atoms with Crippen molar-refractivity contribution in [1.82, 2.24) is 9.55 Å². The Hall–Kier alpha value is -1.10. The second-order valence-corrected chi connectivity index (χ2v) is 6.39. The van der Waals surface area contributed by atoms with Crippen LogP contribution in [0, 0.1) is 11.7 Å². The minimum atomic E-state index is 0.720. The van der Waals surface area contributed by atoms with Crippen LogP contribution < -0.4 is 0 Å². The molecule has 92 valence electrons. The summed E-state index contributed by atoms with van der Waals surface area (Å²) in [5.41, 5.74) is 2.08. The van der Waals surface area contributed by atoms with Gasteiger partial charge < -0.3 is 9.55 Å². The summed E-state index contributed by atoms with van der Waals surface area (Å²) in [6.07, 6.45) is 0. The number of hydrogen-bond donors (Lipinski definition) is 1. The molecule has 1 N–H and O–H groups in total. The van der Waals surface area contributed by atoms with Crippen LogP contribution in [-0.2, 0) is 6.54 Å². The van der Waals surface area contributed by atoms with Crippen molar-refractivity contribution < 1.29 is 0 Å². The fourth-order valence-corrected chi connectivity index (χ4v) is 3.34. The maximum absolute atomic E-state index is 5.98. The average molecular weight is 295 g/mol. The lowest BCUT2D eigenvalue weighted by Crippen LogP contribution is -1.97. The number of aromatic nitrogens is 2. The van der Waals surface area contributed by atoms with E-state index < -0.39 is 0 Å². The number of hydrogen-bond acceptors (Lipinski definition) is 2. The first-order valence-corrected chi connectivity index (χ1v) is 7.17. The molecule has 0 aliphatic carbocycles. The minimum Gasteiger partial charge on any atom is -0.331 e. The lowest BCUT2D eigenvalue weighted by Gasteiger charge is -2.02. The van der Waals surface area contributed by atoms with Gasteiger partial charge in [-0.1, -0.05) is 11.6 Å². The highest BCUT2D eigenvalue weighted by atomic mass is 35.5. The molecule has 0 radical (unpaired) electrons. The number of thiophene rings is 1. The number of H-pyrrole nitrogens is 1. The van der Waals surface area contributed by atoms with Crippen molar-refractivity contribution in [3.8, 4) is 0 Å². The largest absolute Gasteiger partial charge is 0.331 e. The van der Waals surface area contributed by atoms with E-state index in [1.54, 1.807) is 11.3 Å². The smallest absolute Gasteiger partial charge is 0.178 e. The van der Waals surface area contributed by atoms with Gasteiger partial charge >= 0.3 is 0 Å². The van der Waals surface area contributed by atoms with E-state index in [9.17, 15) is 0 Å². The molecule has 0 aliphatic rings. The summed E-state index contributed by atoms with van der Waals surface area (Å²) >= 11 is 13.2. The molecular formula is C13H11ClN2S2. The Labute approximate surface area is 119 Å². The van der Waals surface area contributed by atoms with E-state index in [0.717, 1.165) is 27.4 Å². The van der Waals surface area contributed by atoms with Crippen LogP contribution in [0.3, 0.4) is 0 Å². The lowest BCUT2D eigenvalue weighted by atomic mass is 10.3. The van der Waals surface area contributed by atoms with Gasteiger partial charge in [-0.3, -0.25) is 0 Å². The van der Waals surface area contributed by atoms with E-state index in [0.29, 0.717) is 0 Å². The van der Waals surface area contributed by atoms with Crippen molar-refractivity contribution in [3.05, 3.63) is 49.9 Å². The SMILES string of the molecule is Cc1ccc(Cn2c(=S)[nH]c3cc(Cl)ccc32)s1. The van der Waals surface area contributed by atoms with Crippen molar-refractivity contribution in [2.75, 3.05) is 0 Å². The normalized spacial score (nSPS) is 11.2. The van der Waals surface area contributed by atoms with Crippen molar-refractivity contribution in [3.63, 3.8) is 0 Å². The average Bonchev–Trinajstić information content (AvgIpc) is 2.84. The van der Waals surface area contributed by atoms with E-state index >= 15 is 0 Å². The summed E-state index contributed by atoms with van der Waals surface area (Å²) in [5, 5.41) is 0.720. The monoisotopic (exact) mass is 294 g/mol. The van der Waals surface area contributed by atoms with Crippen LogP contribution in [0.5, 0.6) is 0 Å². The van der Waals surface area contributed by atoms with Gasteiger partial charge in [0, 0.05) is 14.8 Å². The zero-order chi connectivity index (χ0) is 12.7. The Balaban J connectivity index is 2.11. The first-order chi connectivity index (χ1) is 8.63. The van der Waals surface area contributed by atoms with E-state index in [2.05, 4.69) is 28.6 Å². The highest BCUT2D eigenvalue weighted by Crippen LogP contribution is 2.22. The fraction of sp³-hybridized carbons (Fsp3) is 0.154. The fourth-order valence-electron chi connectivity index (χ4n) is 2.02. The predicted molar refractivity (Wildman–Crippen MR) is 80.3 cm³/mol. The number of imidazole rings is 1. The molecule has 2 heterocycles. The molecule has 0 bridgehead atoms. The molecule has 0 fully saturated rings. The Morgan fingerprint density at radius 3 is 2.89 bits per heavy atom. The number of aromatic amines is 1. The second kappa shape index (κ2) is 4.53. The van der Waals surface area contributed by atoms with Crippen molar-refractivity contribution >= 4 is 46.2 Å². The van der Waals surface area contributed by atoms with Gasteiger partial charge in [-0.15, -0.1) is 11.3 Å². The van der Waals surface area contributed by atoms with Gasteiger partial charge in [0.05, 0.1) is 17.6 Å².